The van der Waals surface area contributed by atoms with Gasteiger partial charge in [-0.3, -0.25) is 4.79 Å². The Morgan fingerprint density at radius 3 is 2.79 bits per heavy atom. The van der Waals surface area contributed by atoms with Crippen LogP contribution in [0.25, 0.3) is 0 Å². The second-order valence-corrected chi connectivity index (χ2v) is 3.04. The van der Waals surface area contributed by atoms with Crippen molar-refractivity contribution in [1.29, 1.82) is 0 Å². The van der Waals surface area contributed by atoms with Crippen LogP contribution in [0, 0.1) is 11.6 Å². The third kappa shape index (κ3) is 1.09. The van der Waals surface area contributed by atoms with Gasteiger partial charge in [-0.1, -0.05) is 6.07 Å². The van der Waals surface area contributed by atoms with Crippen molar-refractivity contribution in [3.63, 3.8) is 0 Å². The van der Waals surface area contributed by atoms with Crippen molar-refractivity contribution in [2.75, 3.05) is 12.4 Å². The van der Waals surface area contributed by atoms with E-state index in [1.807, 2.05) is 0 Å². The van der Waals surface area contributed by atoms with Gasteiger partial charge in [-0.15, -0.1) is 0 Å². The lowest BCUT2D eigenvalue weighted by atomic mass is 10.1. The number of fused-ring (bicyclic) bond motifs is 1. The van der Waals surface area contributed by atoms with E-state index in [0.29, 0.717) is 5.56 Å². The third-order valence-corrected chi connectivity index (χ3v) is 2.24. The normalized spacial score (nSPS) is 19.4. The number of halogens is 2. The number of likely N-dealkylation sites (N-methyl/N-ethyl adjacent to an activating group) is 1. The fourth-order valence-electron chi connectivity index (χ4n) is 1.56. The molecule has 1 aliphatic rings. The van der Waals surface area contributed by atoms with Crippen LogP contribution in [-0.2, 0) is 4.79 Å². The molecule has 74 valence electrons. The predicted octanol–water partition coefficient (Wildman–Crippen LogP) is 1.18. The maximum Gasteiger partial charge on any atom is 0.246 e. The maximum absolute atomic E-state index is 13.2. The first-order chi connectivity index (χ1) is 6.65. The molecule has 1 unspecified atom stereocenters. The zero-order chi connectivity index (χ0) is 10.3. The second kappa shape index (κ2) is 3.02. The molecule has 2 rings (SSSR count). The van der Waals surface area contributed by atoms with E-state index in [9.17, 15) is 13.6 Å². The number of benzene rings is 1. The summed E-state index contributed by atoms with van der Waals surface area (Å²) in [5, 5.41) is 5.01. The van der Waals surface area contributed by atoms with Crippen molar-refractivity contribution in [2.24, 2.45) is 0 Å². The van der Waals surface area contributed by atoms with Crippen molar-refractivity contribution in [2.45, 2.75) is 6.04 Å². The van der Waals surface area contributed by atoms with E-state index >= 15 is 0 Å². The van der Waals surface area contributed by atoms with Gasteiger partial charge in [0.15, 0.2) is 11.6 Å². The summed E-state index contributed by atoms with van der Waals surface area (Å²) in [6.45, 7) is 0. The molecule has 1 aromatic carbocycles. The fourth-order valence-corrected chi connectivity index (χ4v) is 1.56. The van der Waals surface area contributed by atoms with E-state index in [2.05, 4.69) is 10.6 Å². The smallest absolute Gasteiger partial charge is 0.246 e. The number of anilines is 1. The van der Waals surface area contributed by atoms with Crippen LogP contribution in [0.15, 0.2) is 12.1 Å². The van der Waals surface area contributed by atoms with E-state index in [1.165, 1.54) is 6.07 Å². The quantitative estimate of drug-likeness (QED) is 0.711. The fraction of sp³-hybridized carbons (Fsp3) is 0.222. The van der Waals surface area contributed by atoms with Crippen molar-refractivity contribution >= 4 is 11.6 Å². The Hall–Kier alpha value is -1.49. The van der Waals surface area contributed by atoms with Gasteiger partial charge < -0.3 is 10.6 Å². The van der Waals surface area contributed by atoms with Crippen molar-refractivity contribution in [1.82, 2.24) is 5.32 Å². The summed E-state index contributed by atoms with van der Waals surface area (Å²) in [7, 11) is 1.58. The molecule has 5 heteroatoms. The predicted molar refractivity (Wildman–Crippen MR) is 46.8 cm³/mol. The molecule has 0 spiro atoms. The van der Waals surface area contributed by atoms with E-state index in [4.69, 9.17) is 0 Å². The minimum Gasteiger partial charge on any atom is -0.322 e. The molecule has 0 saturated heterocycles. The van der Waals surface area contributed by atoms with Crippen molar-refractivity contribution in [3.8, 4) is 0 Å². The third-order valence-electron chi connectivity index (χ3n) is 2.24. The van der Waals surface area contributed by atoms with Gasteiger partial charge in [0.25, 0.3) is 0 Å². The second-order valence-electron chi connectivity index (χ2n) is 3.04. The largest absolute Gasteiger partial charge is 0.322 e. The Balaban J connectivity index is 2.57. The average molecular weight is 198 g/mol. The Labute approximate surface area is 79.1 Å². The standard InChI is InChI=1S/C9H8F2N2O/c1-12-8-4-2-3-5(10)6(11)7(4)13-9(8)14/h2-3,8,12H,1H3,(H,13,14). The highest BCUT2D eigenvalue weighted by atomic mass is 19.2. The summed E-state index contributed by atoms with van der Waals surface area (Å²) < 4.78 is 26.0. The Morgan fingerprint density at radius 2 is 2.14 bits per heavy atom. The van der Waals surface area contributed by atoms with Gasteiger partial charge >= 0.3 is 0 Å². The van der Waals surface area contributed by atoms with Crippen molar-refractivity contribution < 1.29 is 13.6 Å². The van der Waals surface area contributed by atoms with E-state index in [0.717, 1.165) is 6.07 Å². The molecule has 1 atom stereocenters. The zero-order valence-electron chi connectivity index (χ0n) is 7.40. The highest BCUT2D eigenvalue weighted by Gasteiger charge is 2.32. The van der Waals surface area contributed by atoms with Crippen LogP contribution in [0.3, 0.4) is 0 Å². The molecular weight excluding hydrogens is 190 g/mol. The molecule has 0 aromatic heterocycles. The van der Waals surface area contributed by atoms with Gasteiger partial charge in [0.05, 0.1) is 5.69 Å². The molecule has 0 radical (unpaired) electrons. The van der Waals surface area contributed by atoms with Crippen LogP contribution < -0.4 is 10.6 Å². The number of rotatable bonds is 1. The molecule has 3 nitrogen and oxygen atoms in total. The Bertz CT molecular complexity index is 406. The number of hydrogen-bond acceptors (Lipinski definition) is 2. The number of nitrogens with one attached hydrogen (secondary N) is 2. The van der Waals surface area contributed by atoms with Gasteiger partial charge in [-0.25, -0.2) is 8.78 Å². The summed E-state index contributed by atoms with van der Waals surface area (Å²) in [5.74, 6) is -2.33. The van der Waals surface area contributed by atoms with Crippen LogP contribution in [-0.4, -0.2) is 13.0 Å². The number of amides is 1. The molecule has 0 fully saturated rings. The summed E-state index contributed by atoms with van der Waals surface area (Å²) in [4.78, 5) is 11.3. The van der Waals surface area contributed by atoms with Crippen LogP contribution in [0.5, 0.6) is 0 Å². The lowest BCUT2D eigenvalue weighted by Crippen LogP contribution is -2.23. The van der Waals surface area contributed by atoms with Crippen molar-refractivity contribution in [3.05, 3.63) is 29.3 Å². The van der Waals surface area contributed by atoms with E-state index in [-0.39, 0.29) is 11.6 Å². The average Bonchev–Trinajstić information content (AvgIpc) is 2.49. The summed E-state index contributed by atoms with van der Waals surface area (Å²) >= 11 is 0. The molecule has 14 heavy (non-hydrogen) atoms. The SMILES string of the molecule is CNC1C(=O)Nc2c1ccc(F)c2F. The Kier molecular flexibility index (Phi) is 1.96. The molecule has 1 aromatic rings. The van der Waals surface area contributed by atoms with E-state index in [1.54, 1.807) is 7.05 Å². The van der Waals surface area contributed by atoms with Gasteiger partial charge in [-0.2, -0.15) is 0 Å². The summed E-state index contributed by atoms with van der Waals surface area (Å²) in [6.07, 6.45) is 0. The summed E-state index contributed by atoms with van der Waals surface area (Å²) in [5.41, 5.74) is 0.380. The number of carbonyl (C=O) groups excluding carboxylic acids is 1. The molecule has 1 aliphatic heterocycles. The van der Waals surface area contributed by atoms with E-state index < -0.39 is 17.7 Å². The Morgan fingerprint density at radius 1 is 1.43 bits per heavy atom. The van der Waals surface area contributed by atoms with Gasteiger partial charge in [0.1, 0.15) is 6.04 Å². The highest BCUT2D eigenvalue weighted by Crippen LogP contribution is 2.33. The number of hydrogen-bond donors (Lipinski definition) is 2. The van der Waals surface area contributed by atoms with Gasteiger partial charge in [0.2, 0.25) is 5.91 Å². The van der Waals surface area contributed by atoms with Crippen LogP contribution in [0.1, 0.15) is 11.6 Å². The number of carbonyl (C=O) groups is 1. The topological polar surface area (TPSA) is 41.1 Å². The molecule has 1 amide bonds. The van der Waals surface area contributed by atoms with Gasteiger partial charge in [0, 0.05) is 5.56 Å². The highest BCUT2D eigenvalue weighted by molar-refractivity contribution is 6.02. The first kappa shape index (κ1) is 9.08. The first-order valence-corrected chi connectivity index (χ1v) is 4.11. The van der Waals surface area contributed by atoms with Crippen LogP contribution >= 0.6 is 0 Å². The lowest BCUT2D eigenvalue weighted by molar-refractivity contribution is -0.117. The molecule has 0 bridgehead atoms. The first-order valence-electron chi connectivity index (χ1n) is 4.11. The monoisotopic (exact) mass is 198 g/mol. The minimum absolute atomic E-state index is 0.0608. The zero-order valence-corrected chi connectivity index (χ0v) is 7.40. The lowest BCUT2D eigenvalue weighted by Gasteiger charge is -2.05. The maximum atomic E-state index is 13.2. The molecule has 0 aliphatic carbocycles. The molecule has 2 N–H and O–H groups in total. The summed E-state index contributed by atoms with van der Waals surface area (Å²) in [6, 6.07) is 1.81. The van der Waals surface area contributed by atoms with Crippen LogP contribution in [0.2, 0.25) is 0 Å². The molecule has 1 heterocycles. The molecule has 0 saturated carbocycles. The van der Waals surface area contributed by atoms with Crippen LogP contribution in [0.4, 0.5) is 14.5 Å². The minimum atomic E-state index is -1.01. The van der Waals surface area contributed by atoms with Gasteiger partial charge in [-0.05, 0) is 13.1 Å². The molecular formula is C9H8F2N2O.